The largest absolute Gasteiger partial charge is 0.456 e. The first-order valence-corrected chi connectivity index (χ1v) is 23.4. The van der Waals surface area contributed by atoms with Crippen LogP contribution in [0.2, 0.25) is 0 Å². The fraction of sp³-hybridized carbons (Fsp3) is 0.188. The normalized spacial score (nSPS) is 12.3. The summed E-state index contributed by atoms with van der Waals surface area (Å²) in [6, 6.07) is 71.7. The molecule has 10 aromatic rings. The lowest BCUT2D eigenvalue weighted by Gasteiger charge is -2.31. The molecular formula is C64H59NO. The highest BCUT2D eigenvalue weighted by Gasteiger charge is 2.25. The Bertz CT molecular complexity index is 3380. The van der Waals surface area contributed by atoms with Crippen LogP contribution in [-0.4, -0.2) is 0 Å². The molecule has 0 aliphatic rings. The van der Waals surface area contributed by atoms with Crippen LogP contribution in [0.4, 0.5) is 17.1 Å². The number of benzene rings is 9. The quantitative estimate of drug-likeness (QED) is 0.159. The van der Waals surface area contributed by atoms with E-state index in [0.29, 0.717) is 0 Å². The Labute approximate surface area is 391 Å². The molecule has 1 aromatic heterocycles. The van der Waals surface area contributed by atoms with Crippen LogP contribution < -0.4 is 4.90 Å². The maximum Gasteiger partial charge on any atom is 0.136 e. The molecule has 0 aliphatic heterocycles. The van der Waals surface area contributed by atoms with Crippen molar-refractivity contribution in [3.05, 3.63) is 211 Å². The minimum atomic E-state index is -0.0106. The molecule has 0 aliphatic carbocycles. The third-order valence-electron chi connectivity index (χ3n) is 13.3. The first kappa shape index (κ1) is 42.8. The second-order valence-electron chi connectivity index (χ2n) is 21.1. The van der Waals surface area contributed by atoms with E-state index in [-0.39, 0.29) is 16.2 Å². The van der Waals surface area contributed by atoms with Gasteiger partial charge in [-0.05, 0) is 120 Å². The van der Waals surface area contributed by atoms with Crippen molar-refractivity contribution in [1.82, 2.24) is 0 Å². The molecule has 9 aromatic carbocycles. The lowest BCUT2D eigenvalue weighted by Crippen LogP contribution is -2.16. The molecule has 0 unspecified atom stereocenters. The molecule has 0 bridgehead atoms. The lowest BCUT2D eigenvalue weighted by atomic mass is 9.78. The van der Waals surface area contributed by atoms with Gasteiger partial charge < -0.3 is 9.32 Å². The molecule has 0 radical (unpaired) electrons. The predicted molar refractivity (Wildman–Crippen MR) is 284 cm³/mol. The van der Waals surface area contributed by atoms with E-state index >= 15 is 0 Å². The summed E-state index contributed by atoms with van der Waals surface area (Å²) in [5, 5.41) is 4.72. The van der Waals surface area contributed by atoms with Gasteiger partial charge in [0.2, 0.25) is 0 Å². The second kappa shape index (κ2) is 16.4. The van der Waals surface area contributed by atoms with Gasteiger partial charge in [0.05, 0.1) is 11.4 Å². The van der Waals surface area contributed by atoms with Crippen molar-refractivity contribution in [2.75, 3.05) is 4.90 Å². The van der Waals surface area contributed by atoms with Crippen LogP contribution in [0.25, 0.3) is 77.2 Å². The standard InChI is InChI=1S/C64H59NO/c1-62(2,3)47-34-31-42(32-35-47)51-23-10-13-28-57(51)65(50-22-16-21-44(39-50)45-33-36-55-54-25-12-15-30-59(54)66-60(55)40-45)58-29-14-11-24-53(58)56-27-18-20-43-19-17-26-52(61(43)56)46-37-48(63(4,5)6)41-49(38-46)64(7,8)9/h10-41H,1-9H3. The molecule has 0 fully saturated rings. The Morgan fingerprint density at radius 3 is 1.55 bits per heavy atom. The van der Waals surface area contributed by atoms with Gasteiger partial charge in [-0.25, -0.2) is 0 Å². The highest BCUT2D eigenvalue weighted by molar-refractivity contribution is 6.10. The number of rotatable bonds is 7. The van der Waals surface area contributed by atoms with Crippen molar-refractivity contribution in [3.8, 4) is 44.5 Å². The zero-order valence-corrected chi connectivity index (χ0v) is 39.8. The molecule has 10 rings (SSSR count). The summed E-state index contributed by atoms with van der Waals surface area (Å²) >= 11 is 0. The van der Waals surface area contributed by atoms with Crippen LogP contribution in [0, 0.1) is 0 Å². The number of furan rings is 1. The number of para-hydroxylation sites is 3. The van der Waals surface area contributed by atoms with Gasteiger partial charge in [0.1, 0.15) is 11.2 Å². The number of fused-ring (bicyclic) bond motifs is 4. The van der Waals surface area contributed by atoms with Crippen molar-refractivity contribution in [2.45, 2.75) is 78.6 Å². The van der Waals surface area contributed by atoms with Gasteiger partial charge in [0.25, 0.3) is 0 Å². The van der Waals surface area contributed by atoms with Crippen molar-refractivity contribution in [1.29, 1.82) is 0 Å². The molecule has 2 nitrogen and oxygen atoms in total. The minimum absolute atomic E-state index is 0.0106. The summed E-state index contributed by atoms with van der Waals surface area (Å²) < 4.78 is 6.40. The van der Waals surface area contributed by atoms with Crippen LogP contribution >= 0.6 is 0 Å². The summed E-state index contributed by atoms with van der Waals surface area (Å²) in [6.45, 7) is 20.7. The van der Waals surface area contributed by atoms with E-state index in [0.717, 1.165) is 61.3 Å². The summed E-state index contributed by atoms with van der Waals surface area (Å²) in [5.41, 5.74) is 18.5. The van der Waals surface area contributed by atoms with Gasteiger partial charge >= 0.3 is 0 Å². The number of hydrogen-bond donors (Lipinski definition) is 0. The first-order chi connectivity index (χ1) is 31.6. The zero-order chi connectivity index (χ0) is 46.0. The topological polar surface area (TPSA) is 16.4 Å². The number of nitrogens with zero attached hydrogens (tertiary/aromatic N) is 1. The second-order valence-corrected chi connectivity index (χ2v) is 21.1. The van der Waals surface area contributed by atoms with E-state index in [1.807, 2.05) is 12.1 Å². The molecule has 0 saturated carbocycles. The van der Waals surface area contributed by atoms with Crippen LogP contribution in [0.3, 0.4) is 0 Å². The van der Waals surface area contributed by atoms with Gasteiger partial charge in [0.15, 0.2) is 0 Å². The molecule has 0 atom stereocenters. The lowest BCUT2D eigenvalue weighted by molar-refractivity contribution is 0.569. The van der Waals surface area contributed by atoms with Gasteiger partial charge in [0, 0.05) is 27.6 Å². The van der Waals surface area contributed by atoms with Crippen molar-refractivity contribution in [3.63, 3.8) is 0 Å². The Hall–Kier alpha value is -7.16. The van der Waals surface area contributed by atoms with Gasteiger partial charge in [-0.15, -0.1) is 0 Å². The summed E-state index contributed by atoms with van der Waals surface area (Å²) in [7, 11) is 0. The average molecular weight is 858 g/mol. The van der Waals surface area contributed by atoms with Crippen LogP contribution in [0.5, 0.6) is 0 Å². The average Bonchev–Trinajstić information content (AvgIpc) is 3.69. The molecule has 326 valence electrons. The molecule has 66 heavy (non-hydrogen) atoms. The van der Waals surface area contributed by atoms with E-state index in [2.05, 4.69) is 249 Å². The smallest absolute Gasteiger partial charge is 0.136 e. The molecule has 0 saturated heterocycles. The van der Waals surface area contributed by atoms with Gasteiger partial charge in [-0.1, -0.05) is 214 Å². The molecular weight excluding hydrogens is 799 g/mol. The maximum absolute atomic E-state index is 6.40. The van der Waals surface area contributed by atoms with Crippen LogP contribution in [-0.2, 0) is 16.2 Å². The Kier molecular flexibility index (Phi) is 10.6. The van der Waals surface area contributed by atoms with Gasteiger partial charge in [-0.3, -0.25) is 0 Å². The van der Waals surface area contributed by atoms with Crippen molar-refractivity contribution < 1.29 is 4.42 Å². The maximum atomic E-state index is 6.40. The Morgan fingerprint density at radius 1 is 0.333 bits per heavy atom. The first-order valence-electron chi connectivity index (χ1n) is 23.4. The fourth-order valence-corrected chi connectivity index (χ4v) is 9.55. The third-order valence-corrected chi connectivity index (χ3v) is 13.3. The van der Waals surface area contributed by atoms with Crippen LogP contribution in [0.1, 0.15) is 79.0 Å². The SMILES string of the molecule is CC(C)(C)c1ccc(-c2ccccc2N(c2cccc(-c3ccc4c(c3)oc3ccccc34)c2)c2ccccc2-c2cccc3cccc(-c4cc(C(C)(C)C)cc(C(C)(C)C)c4)c23)cc1. The fourth-order valence-electron chi connectivity index (χ4n) is 9.55. The highest BCUT2D eigenvalue weighted by atomic mass is 16.3. The highest BCUT2D eigenvalue weighted by Crippen LogP contribution is 2.48. The summed E-state index contributed by atoms with van der Waals surface area (Å²) in [5.74, 6) is 0. The van der Waals surface area contributed by atoms with Crippen LogP contribution in [0.15, 0.2) is 199 Å². The van der Waals surface area contributed by atoms with Gasteiger partial charge in [-0.2, -0.15) is 0 Å². The van der Waals surface area contributed by atoms with E-state index in [9.17, 15) is 0 Å². The summed E-state index contributed by atoms with van der Waals surface area (Å²) in [6.07, 6.45) is 0. The predicted octanol–water partition coefficient (Wildman–Crippen LogP) is 18.8. The van der Waals surface area contributed by atoms with E-state index in [1.54, 1.807) is 0 Å². The van der Waals surface area contributed by atoms with E-state index in [4.69, 9.17) is 4.42 Å². The number of anilines is 3. The Morgan fingerprint density at radius 2 is 0.864 bits per heavy atom. The van der Waals surface area contributed by atoms with E-state index in [1.165, 1.54) is 49.7 Å². The molecule has 0 N–H and O–H groups in total. The monoisotopic (exact) mass is 857 g/mol. The van der Waals surface area contributed by atoms with Crippen molar-refractivity contribution >= 4 is 49.8 Å². The minimum Gasteiger partial charge on any atom is -0.456 e. The molecule has 0 spiro atoms. The Balaban J connectivity index is 1.20. The molecule has 0 amide bonds. The number of hydrogen-bond acceptors (Lipinski definition) is 2. The zero-order valence-electron chi connectivity index (χ0n) is 39.8. The molecule has 2 heteroatoms. The summed E-state index contributed by atoms with van der Waals surface area (Å²) in [4.78, 5) is 2.48. The third kappa shape index (κ3) is 8.00. The van der Waals surface area contributed by atoms with Crippen molar-refractivity contribution in [2.24, 2.45) is 0 Å². The van der Waals surface area contributed by atoms with E-state index < -0.39 is 0 Å². The molecule has 1 heterocycles.